The van der Waals surface area contributed by atoms with Gasteiger partial charge in [0.05, 0.1) is 31.0 Å². The number of rotatable bonds is 8. The highest BCUT2D eigenvalue weighted by molar-refractivity contribution is 6.05. The maximum absolute atomic E-state index is 15.9. The fourth-order valence-corrected chi connectivity index (χ4v) is 6.14. The van der Waals surface area contributed by atoms with Gasteiger partial charge in [0.25, 0.3) is 0 Å². The van der Waals surface area contributed by atoms with Gasteiger partial charge in [-0.1, -0.05) is 19.1 Å². The average molecular weight is 588 g/mol. The van der Waals surface area contributed by atoms with Crippen LogP contribution in [-0.4, -0.2) is 40.6 Å². The topological polar surface area (TPSA) is 78.4 Å². The van der Waals surface area contributed by atoms with E-state index in [9.17, 15) is 9.18 Å². The van der Waals surface area contributed by atoms with E-state index >= 15 is 4.39 Å². The van der Waals surface area contributed by atoms with E-state index in [1.807, 2.05) is 29.7 Å². The Balaban J connectivity index is 1.43. The highest BCUT2D eigenvalue weighted by Gasteiger charge is 2.29. The van der Waals surface area contributed by atoms with Gasteiger partial charge in [-0.05, 0) is 86.4 Å². The summed E-state index contributed by atoms with van der Waals surface area (Å²) in [5.41, 5.74) is 4.54. The first-order chi connectivity index (χ1) is 21.0. The standard InChI is InChI=1S/C34H35F2N3O4/c1-3-27-31-28(38-37-27)20-41-17-6-5-16-39-32-25(14-15-26(36)30(31)32)24(33(39)34(40)42-4-2)10-8-18-43-29-11-7-9-21-19-22(35)12-13-23(21)29/h7,9,11-15,19H,3-6,8,10,16-18,20H2,1-2H3,(H,37,38). The van der Waals surface area contributed by atoms with Gasteiger partial charge in [-0.3, -0.25) is 5.10 Å². The number of aromatic nitrogens is 3. The molecule has 2 aromatic heterocycles. The van der Waals surface area contributed by atoms with Crippen molar-refractivity contribution in [3.8, 4) is 16.9 Å². The van der Waals surface area contributed by atoms with Crippen LogP contribution in [-0.2, 0) is 35.5 Å². The molecule has 3 heterocycles. The molecular weight excluding hydrogens is 552 g/mol. The maximum Gasteiger partial charge on any atom is 0.355 e. The number of esters is 1. The Labute approximate surface area is 248 Å². The van der Waals surface area contributed by atoms with Crippen molar-refractivity contribution in [1.29, 1.82) is 0 Å². The Kier molecular flexibility index (Phi) is 8.42. The molecule has 7 nitrogen and oxygen atoms in total. The van der Waals surface area contributed by atoms with Crippen molar-refractivity contribution < 1.29 is 27.8 Å². The smallest absolute Gasteiger partial charge is 0.355 e. The second-order valence-electron chi connectivity index (χ2n) is 10.7. The highest BCUT2D eigenvalue weighted by atomic mass is 19.1. The fraction of sp³-hybridized carbons (Fsp3) is 0.353. The number of aromatic amines is 1. The maximum atomic E-state index is 15.9. The zero-order chi connectivity index (χ0) is 29.9. The van der Waals surface area contributed by atoms with Crippen LogP contribution < -0.4 is 4.74 Å². The third-order valence-corrected chi connectivity index (χ3v) is 8.06. The molecule has 0 atom stereocenters. The van der Waals surface area contributed by atoms with Gasteiger partial charge in [0.1, 0.15) is 23.1 Å². The zero-order valence-corrected chi connectivity index (χ0v) is 24.5. The molecule has 0 saturated heterocycles. The van der Waals surface area contributed by atoms with E-state index in [0.29, 0.717) is 72.8 Å². The third-order valence-electron chi connectivity index (χ3n) is 8.06. The SMILES string of the molecule is CCOC(=O)c1c(CCCOc2cccc3cc(F)ccc23)c2ccc(F)c3c2n1CCCCOCc1n[nH]c(CC)c1-3. The predicted molar refractivity (Wildman–Crippen MR) is 161 cm³/mol. The summed E-state index contributed by atoms with van der Waals surface area (Å²) in [7, 11) is 0. The van der Waals surface area contributed by atoms with Crippen LogP contribution in [0.2, 0.25) is 0 Å². The molecular formula is C34H35F2N3O4. The van der Waals surface area contributed by atoms with Crippen molar-refractivity contribution in [2.75, 3.05) is 19.8 Å². The number of carbonyl (C=O) groups is 1. The molecule has 0 unspecified atom stereocenters. The molecule has 0 saturated carbocycles. The Morgan fingerprint density at radius 1 is 1.07 bits per heavy atom. The van der Waals surface area contributed by atoms with Gasteiger partial charge in [0, 0.05) is 40.7 Å². The van der Waals surface area contributed by atoms with E-state index in [-0.39, 0.29) is 24.8 Å². The largest absolute Gasteiger partial charge is 0.493 e. The fourth-order valence-electron chi connectivity index (χ4n) is 6.14. The lowest BCUT2D eigenvalue weighted by molar-refractivity contribution is 0.0512. The molecule has 3 aromatic carbocycles. The van der Waals surface area contributed by atoms with Crippen LogP contribution in [0.25, 0.3) is 32.8 Å². The number of fused-ring (bicyclic) bond motifs is 3. The number of halogens is 2. The van der Waals surface area contributed by atoms with Crippen LogP contribution in [0.1, 0.15) is 60.5 Å². The van der Waals surface area contributed by atoms with Gasteiger partial charge >= 0.3 is 5.97 Å². The summed E-state index contributed by atoms with van der Waals surface area (Å²) in [5.74, 6) is -0.423. The molecule has 1 aliphatic heterocycles. The van der Waals surface area contributed by atoms with E-state index in [4.69, 9.17) is 14.2 Å². The summed E-state index contributed by atoms with van der Waals surface area (Å²) >= 11 is 0. The van der Waals surface area contributed by atoms with Gasteiger partial charge in [-0.15, -0.1) is 0 Å². The van der Waals surface area contributed by atoms with Crippen molar-refractivity contribution in [1.82, 2.24) is 14.8 Å². The Bertz CT molecular complexity index is 1790. The van der Waals surface area contributed by atoms with Crippen molar-refractivity contribution in [2.45, 2.75) is 59.1 Å². The first-order valence-corrected chi connectivity index (χ1v) is 15.0. The molecule has 1 aliphatic rings. The van der Waals surface area contributed by atoms with Crippen molar-refractivity contribution >= 4 is 27.6 Å². The average Bonchev–Trinajstić information content (AvgIpc) is 3.54. The summed E-state index contributed by atoms with van der Waals surface area (Å²) in [4.78, 5) is 13.6. The number of benzene rings is 3. The second-order valence-corrected chi connectivity index (χ2v) is 10.7. The van der Waals surface area contributed by atoms with Crippen LogP contribution in [0.3, 0.4) is 0 Å². The summed E-state index contributed by atoms with van der Waals surface area (Å²) in [6.45, 7) is 5.72. The predicted octanol–water partition coefficient (Wildman–Crippen LogP) is 7.52. The molecule has 9 heteroatoms. The summed E-state index contributed by atoms with van der Waals surface area (Å²) in [5, 5.41) is 9.98. The normalized spacial score (nSPS) is 13.6. The second kappa shape index (κ2) is 12.6. The van der Waals surface area contributed by atoms with Crippen LogP contribution >= 0.6 is 0 Å². The minimum absolute atomic E-state index is 0.228. The van der Waals surface area contributed by atoms with Gasteiger partial charge in [0.2, 0.25) is 0 Å². The summed E-state index contributed by atoms with van der Waals surface area (Å²) in [6.07, 6.45) is 3.28. The quantitative estimate of drug-likeness (QED) is 0.150. The number of ether oxygens (including phenoxy) is 3. The first kappa shape index (κ1) is 28.9. The van der Waals surface area contributed by atoms with Crippen LogP contribution in [0.4, 0.5) is 8.78 Å². The summed E-state index contributed by atoms with van der Waals surface area (Å²) in [6, 6.07) is 13.4. The van der Waals surface area contributed by atoms with Crippen LogP contribution in [0.5, 0.6) is 5.75 Å². The number of aryl methyl sites for hydroxylation is 3. The molecule has 0 fully saturated rings. The number of carbonyl (C=O) groups excluding carboxylic acids is 1. The lowest BCUT2D eigenvalue weighted by Crippen LogP contribution is -2.15. The molecule has 0 aliphatic carbocycles. The molecule has 0 spiro atoms. The van der Waals surface area contributed by atoms with Gasteiger partial charge < -0.3 is 18.8 Å². The van der Waals surface area contributed by atoms with Gasteiger partial charge in [-0.2, -0.15) is 5.10 Å². The first-order valence-electron chi connectivity index (χ1n) is 15.0. The molecule has 1 N–H and O–H groups in total. The lowest BCUT2D eigenvalue weighted by atomic mass is 9.97. The van der Waals surface area contributed by atoms with E-state index < -0.39 is 5.97 Å². The molecule has 0 radical (unpaired) electrons. The Morgan fingerprint density at radius 3 is 2.77 bits per heavy atom. The van der Waals surface area contributed by atoms with Crippen molar-refractivity contribution in [2.24, 2.45) is 0 Å². The molecule has 0 bridgehead atoms. The number of hydrogen-bond donors (Lipinski definition) is 1. The lowest BCUT2D eigenvalue weighted by Gasteiger charge is -2.14. The monoisotopic (exact) mass is 587 g/mol. The number of hydrogen-bond acceptors (Lipinski definition) is 5. The molecule has 224 valence electrons. The van der Waals surface area contributed by atoms with Crippen LogP contribution in [0, 0.1) is 11.6 Å². The Hall–Kier alpha value is -4.24. The number of H-pyrrole nitrogens is 1. The molecule has 6 rings (SSSR count). The Morgan fingerprint density at radius 2 is 1.93 bits per heavy atom. The summed E-state index contributed by atoms with van der Waals surface area (Å²) < 4.78 is 49.2. The van der Waals surface area contributed by atoms with E-state index in [2.05, 4.69) is 10.2 Å². The van der Waals surface area contributed by atoms with Gasteiger partial charge in [-0.25, -0.2) is 13.6 Å². The minimum Gasteiger partial charge on any atom is -0.493 e. The van der Waals surface area contributed by atoms with E-state index in [0.717, 1.165) is 40.3 Å². The van der Waals surface area contributed by atoms with Crippen molar-refractivity contribution in [3.63, 3.8) is 0 Å². The van der Waals surface area contributed by atoms with Crippen LogP contribution in [0.15, 0.2) is 48.5 Å². The highest BCUT2D eigenvalue weighted by Crippen LogP contribution is 2.40. The molecule has 5 aromatic rings. The third kappa shape index (κ3) is 5.49. The minimum atomic E-state index is -0.425. The van der Waals surface area contributed by atoms with Crippen molar-refractivity contribution in [3.05, 3.63) is 82.8 Å². The van der Waals surface area contributed by atoms with E-state index in [1.54, 1.807) is 19.1 Å². The zero-order valence-electron chi connectivity index (χ0n) is 24.5. The molecule has 43 heavy (non-hydrogen) atoms. The number of nitrogens with one attached hydrogen (secondary N) is 1. The number of nitrogens with zero attached hydrogens (tertiary/aromatic N) is 2. The van der Waals surface area contributed by atoms with E-state index in [1.165, 1.54) is 18.2 Å². The van der Waals surface area contributed by atoms with Gasteiger partial charge in [0.15, 0.2) is 0 Å². The molecule has 0 amide bonds.